The molecule has 3 aromatic carbocycles. The van der Waals surface area contributed by atoms with Gasteiger partial charge >= 0.3 is 0 Å². The predicted molar refractivity (Wildman–Crippen MR) is 99.8 cm³/mol. The van der Waals surface area contributed by atoms with Crippen molar-refractivity contribution in [2.45, 2.75) is 6.54 Å². The number of nitro groups is 1. The number of nitro benzene ring substituents is 1. The molecule has 3 rings (SSSR count). The van der Waals surface area contributed by atoms with Crippen molar-refractivity contribution in [3.05, 3.63) is 106 Å². The van der Waals surface area contributed by atoms with Gasteiger partial charge in [0.05, 0.1) is 28.9 Å². The van der Waals surface area contributed by atoms with Crippen LogP contribution in [0, 0.1) is 10.1 Å². The highest BCUT2D eigenvalue weighted by atomic mass is 16.6. The Morgan fingerprint density at radius 3 is 2.16 bits per heavy atom. The zero-order chi connectivity index (χ0) is 17.5. The van der Waals surface area contributed by atoms with Crippen molar-refractivity contribution < 1.29 is 4.92 Å². The summed E-state index contributed by atoms with van der Waals surface area (Å²) in [7, 11) is 0. The molecular formula is C20H17N3O2. The third-order valence-electron chi connectivity index (χ3n) is 3.70. The Bertz CT molecular complexity index is 864. The van der Waals surface area contributed by atoms with Crippen LogP contribution in [0.4, 0.5) is 11.4 Å². The van der Waals surface area contributed by atoms with E-state index in [0.29, 0.717) is 12.1 Å². The Morgan fingerprint density at radius 1 is 0.880 bits per heavy atom. The number of hydrogen-bond donors (Lipinski definition) is 0. The fourth-order valence-corrected chi connectivity index (χ4v) is 2.45. The molecule has 0 N–H and O–H groups in total. The van der Waals surface area contributed by atoms with Gasteiger partial charge in [-0.2, -0.15) is 5.10 Å². The number of benzene rings is 3. The molecule has 124 valence electrons. The Balaban J connectivity index is 1.91. The summed E-state index contributed by atoms with van der Waals surface area (Å²) in [6.07, 6.45) is 1.54. The molecule has 0 aliphatic rings. The maximum atomic E-state index is 11.2. The zero-order valence-corrected chi connectivity index (χ0v) is 13.5. The van der Waals surface area contributed by atoms with E-state index in [1.807, 2.05) is 65.7 Å². The van der Waals surface area contributed by atoms with Crippen molar-refractivity contribution in [3.63, 3.8) is 0 Å². The van der Waals surface area contributed by atoms with Gasteiger partial charge in [0.25, 0.3) is 5.69 Å². The lowest BCUT2D eigenvalue weighted by atomic mass is 10.2. The first-order valence-electron chi connectivity index (χ1n) is 7.88. The lowest BCUT2D eigenvalue weighted by molar-refractivity contribution is -0.385. The molecule has 0 aliphatic carbocycles. The van der Waals surface area contributed by atoms with Crippen LogP contribution in [0.1, 0.15) is 11.1 Å². The number of anilines is 1. The average molecular weight is 331 g/mol. The van der Waals surface area contributed by atoms with Crippen molar-refractivity contribution in [2.75, 3.05) is 5.01 Å². The van der Waals surface area contributed by atoms with E-state index in [1.54, 1.807) is 18.2 Å². The minimum absolute atomic E-state index is 0.0407. The van der Waals surface area contributed by atoms with E-state index in [4.69, 9.17) is 0 Å². The number of hydrogen-bond acceptors (Lipinski definition) is 4. The minimum Gasteiger partial charge on any atom is -0.261 e. The van der Waals surface area contributed by atoms with Crippen molar-refractivity contribution in [1.82, 2.24) is 0 Å². The fourth-order valence-electron chi connectivity index (χ4n) is 2.45. The third kappa shape index (κ3) is 4.29. The molecule has 0 heterocycles. The Kier molecular flexibility index (Phi) is 5.16. The molecule has 0 saturated heterocycles. The van der Waals surface area contributed by atoms with Crippen LogP contribution in [0.5, 0.6) is 0 Å². The van der Waals surface area contributed by atoms with Crippen molar-refractivity contribution in [3.8, 4) is 0 Å². The summed E-state index contributed by atoms with van der Waals surface area (Å²) in [6.45, 7) is 0.571. The topological polar surface area (TPSA) is 58.7 Å². The van der Waals surface area contributed by atoms with E-state index in [2.05, 4.69) is 5.10 Å². The van der Waals surface area contributed by atoms with Crippen molar-refractivity contribution in [1.29, 1.82) is 0 Å². The molecule has 0 spiro atoms. The minimum atomic E-state index is -0.397. The number of hydrazone groups is 1. The highest BCUT2D eigenvalue weighted by Gasteiger charge is 2.11. The summed E-state index contributed by atoms with van der Waals surface area (Å²) in [5.41, 5.74) is 2.53. The predicted octanol–water partition coefficient (Wildman–Crippen LogP) is 4.64. The second-order valence-corrected chi connectivity index (χ2v) is 5.44. The molecule has 0 atom stereocenters. The molecule has 0 aromatic heterocycles. The Labute approximate surface area is 146 Å². The van der Waals surface area contributed by atoms with Gasteiger partial charge in [-0.1, -0.05) is 60.7 Å². The summed E-state index contributed by atoms with van der Waals surface area (Å²) in [5.74, 6) is 0. The van der Waals surface area contributed by atoms with Crippen LogP contribution < -0.4 is 5.01 Å². The first kappa shape index (κ1) is 16.4. The second kappa shape index (κ2) is 7.88. The summed E-state index contributed by atoms with van der Waals surface area (Å²) in [6, 6.07) is 26.3. The molecule has 0 fully saturated rings. The standard InChI is InChI=1S/C20H17N3O2/c24-23(25)20-14-8-7-11-18(20)15-21-22(19-12-5-2-6-13-19)16-17-9-3-1-4-10-17/h1-15H,16H2/b21-15+. The molecule has 3 aromatic rings. The summed E-state index contributed by atoms with van der Waals surface area (Å²) < 4.78 is 0. The lowest BCUT2D eigenvalue weighted by Gasteiger charge is -2.19. The van der Waals surface area contributed by atoms with Crippen LogP contribution in [-0.4, -0.2) is 11.1 Å². The molecule has 0 saturated carbocycles. The van der Waals surface area contributed by atoms with Gasteiger partial charge in [0, 0.05) is 6.07 Å². The van der Waals surface area contributed by atoms with E-state index in [1.165, 1.54) is 12.3 Å². The number of rotatable bonds is 6. The van der Waals surface area contributed by atoms with E-state index in [9.17, 15) is 10.1 Å². The maximum Gasteiger partial charge on any atom is 0.278 e. The normalized spacial score (nSPS) is 10.7. The second-order valence-electron chi connectivity index (χ2n) is 5.44. The molecule has 0 unspecified atom stereocenters. The van der Waals surface area contributed by atoms with E-state index >= 15 is 0 Å². The molecule has 0 aliphatic heterocycles. The van der Waals surface area contributed by atoms with E-state index in [-0.39, 0.29) is 5.69 Å². The third-order valence-corrected chi connectivity index (χ3v) is 3.70. The highest BCUT2D eigenvalue weighted by Crippen LogP contribution is 2.19. The quantitative estimate of drug-likeness (QED) is 0.376. The summed E-state index contributed by atoms with van der Waals surface area (Å²) in [4.78, 5) is 10.8. The first-order valence-corrected chi connectivity index (χ1v) is 7.88. The Morgan fingerprint density at radius 2 is 1.48 bits per heavy atom. The molecule has 0 amide bonds. The summed E-state index contributed by atoms with van der Waals surface area (Å²) in [5, 5.41) is 17.5. The SMILES string of the molecule is O=[N+]([O-])c1ccccc1/C=N/N(Cc1ccccc1)c1ccccc1. The fraction of sp³-hybridized carbons (Fsp3) is 0.0500. The van der Waals surface area contributed by atoms with Crippen LogP contribution in [0.25, 0.3) is 0 Å². The number of nitrogens with zero attached hydrogens (tertiary/aromatic N) is 3. The Hall–Kier alpha value is -3.47. The van der Waals surface area contributed by atoms with E-state index < -0.39 is 4.92 Å². The largest absolute Gasteiger partial charge is 0.278 e. The van der Waals surface area contributed by atoms with Gasteiger partial charge in [-0.15, -0.1) is 0 Å². The van der Waals surface area contributed by atoms with Gasteiger partial charge in [0.2, 0.25) is 0 Å². The zero-order valence-electron chi connectivity index (χ0n) is 13.5. The van der Waals surface area contributed by atoms with Gasteiger partial charge in [-0.3, -0.25) is 15.1 Å². The smallest absolute Gasteiger partial charge is 0.261 e. The molecule has 0 bridgehead atoms. The van der Waals surface area contributed by atoms with Gasteiger partial charge in [-0.25, -0.2) is 0 Å². The van der Waals surface area contributed by atoms with Crippen LogP contribution in [0.2, 0.25) is 0 Å². The molecule has 5 nitrogen and oxygen atoms in total. The number of para-hydroxylation sites is 2. The molecule has 5 heteroatoms. The van der Waals surface area contributed by atoms with Crippen LogP contribution in [-0.2, 0) is 6.54 Å². The van der Waals surface area contributed by atoms with Gasteiger partial charge < -0.3 is 0 Å². The monoisotopic (exact) mass is 331 g/mol. The van der Waals surface area contributed by atoms with Crippen molar-refractivity contribution in [2.24, 2.45) is 5.10 Å². The highest BCUT2D eigenvalue weighted by molar-refractivity contribution is 5.85. The van der Waals surface area contributed by atoms with Gasteiger partial charge in [-0.05, 0) is 23.8 Å². The van der Waals surface area contributed by atoms with Crippen LogP contribution >= 0.6 is 0 Å². The van der Waals surface area contributed by atoms with E-state index in [0.717, 1.165) is 11.3 Å². The van der Waals surface area contributed by atoms with Crippen LogP contribution in [0.3, 0.4) is 0 Å². The molecule has 0 radical (unpaired) electrons. The van der Waals surface area contributed by atoms with Gasteiger partial charge in [0.15, 0.2) is 0 Å². The van der Waals surface area contributed by atoms with Crippen LogP contribution in [0.15, 0.2) is 90.0 Å². The van der Waals surface area contributed by atoms with Crippen molar-refractivity contribution >= 4 is 17.6 Å². The molecular weight excluding hydrogens is 314 g/mol. The summed E-state index contributed by atoms with van der Waals surface area (Å²) >= 11 is 0. The lowest BCUT2D eigenvalue weighted by Crippen LogP contribution is -2.16. The first-order chi connectivity index (χ1) is 12.2. The molecule has 25 heavy (non-hydrogen) atoms. The maximum absolute atomic E-state index is 11.2. The average Bonchev–Trinajstić information content (AvgIpc) is 2.67. The van der Waals surface area contributed by atoms with Gasteiger partial charge in [0.1, 0.15) is 0 Å².